The van der Waals surface area contributed by atoms with Gasteiger partial charge >= 0.3 is 11.9 Å². The van der Waals surface area contributed by atoms with Crippen molar-refractivity contribution in [2.24, 2.45) is 0 Å². The molecular formula is C16H21NO5S. The number of fused-ring (bicyclic) bond motifs is 1. The Morgan fingerprint density at radius 3 is 2.52 bits per heavy atom. The van der Waals surface area contributed by atoms with Crippen LogP contribution in [0.25, 0.3) is 0 Å². The van der Waals surface area contributed by atoms with E-state index in [-0.39, 0.29) is 18.5 Å². The van der Waals surface area contributed by atoms with Crippen molar-refractivity contribution < 1.29 is 23.9 Å². The molecule has 0 saturated carbocycles. The minimum absolute atomic E-state index is 0.229. The molecule has 1 aliphatic rings. The molecule has 0 aromatic carbocycles. The minimum atomic E-state index is -0.509. The number of anilines is 1. The maximum Gasteiger partial charge on any atom is 0.341 e. The lowest BCUT2D eigenvalue weighted by Crippen LogP contribution is -2.23. The molecule has 0 bridgehead atoms. The summed E-state index contributed by atoms with van der Waals surface area (Å²) < 4.78 is 10.3. The van der Waals surface area contributed by atoms with Crippen LogP contribution in [0.1, 0.15) is 60.3 Å². The maximum atomic E-state index is 12.4. The van der Waals surface area contributed by atoms with E-state index in [0.717, 1.165) is 17.7 Å². The van der Waals surface area contributed by atoms with Gasteiger partial charge in [0.2, 0.25) is 5.91 Å². The molecule has 1 heterocycles. The standard InChI is InChI=1S/C16H21NO5S/c1-4-21-15(19)10-7-6-8-11-12(10)13(16(20)22-5-2)14(23-11)17-9(3)18/h10H,4-8H2,1-3H3,(H,17,18). The number of carbonyl (C=O) groups excluding carboxylic acids is 3. The van der Waals surface area contributed by atoms with Crippen LogP contribution < -0.4 is 5.32 Å². The average molecular weight is 339 g/mol. The first-order valence-electron chi connectivity index (χ1n) is 7.76. The number of aryl methyl sites for hydroxylation is 1. The van der Waals surface area contributed by atoms with Crippen molar-refractivity contribution in [1.82, 2.24) is 0 Å². The molecule has 1 aromatic rings. The molecule has 0 aliphatic heterocycles. The Morgan fingerprint density at radius 1 is 1.22 bits per heavy atom. The van der Waals surface area contributed by atoms with E-state index in [9.17, 15) is 14.4 Å². The van der Waals surface area contributed by atoms with E-state index in [0.29, 0.717) is 29.2 Å². The summed E-state index contributed by atoms with van der Waals surface area (Å²) in [5.74, 6) is -1.57. The van der Waals surface area contributed by atoms with E-state index < -0.39 is 11.9 Å². The number of nitrogens with one attached hydrogen (secondary N) is 1. The molecule has 0 saturated heterocycles. The third kappa shape index (κ3) is 3.72. The van der Waals surface area contributed by atoms with Crippen LogP contribution in [0, 0.1) is 0 Å². The van der Waals surface area contributed by atoms with Gasteiger partial charge in [-0.2, -0.15) is 0 Å². The molecule has 1 aromatic heterocycles. The van der Waals surface area contributed by atoms with Crippen molar-refractivity contribution in [1.29, 1.82) is 0 Å². The first-order chi connectivity index (χ1) is 11.0. The third-order valence-electron chi connectivity index (χ3n) is 3.61. The summed E-state index contributed by atoms with van der Waals surface area (Å²) in [6, 6.07) is 0. The molecule has 7 heteroatoms. The predicted octanol–water partition coefficient (Wildman–Crippen LogP) is 2.87. The molecule has 1 unspecified atom stereocenters. The van der Waals surface area contributed by atoms with Gasteiger partial charge in [0.15, 0.2) is 0 Å². The van der Waals surface area contributed by atoms with Gasteiger partial charge in [0.05, 0.1) is 24.7 Å². The van der Waals surface area contributed by atoms with Gasteiger partial charge in [-0.3, -0.25) is 9.59 Å². The summed E-state index contributed by atoms with van der Waals surface area (Å²) in [5.41, 5.74) is 0.974. The number of hydrogen-bond donors (Lipinski definition) is 1. The molecule has 1 N–H and O–H groups in total. The van der Waals surface area contributed by atoms with Crippen LogP contribution in [0.2, 0.25) is 0 Å². The van der Waals surface area contributed by atoms with Gasteiger partial charge in [0, 0.05) is 11.8 Å². The van der Waals surface area contributed by atoms with E-state index in [1.54, 1.807) is 13.8 Å². The number of amides is 1. The van der Waals surface area contributed by atoms with Gasteiger partial charge < -0.3 is 14.8 Å². The Kier molecular flexibility index (Phi) is 5.76. The molecule has 2 rings (SSSR count). The van der Waals surface area contributed by atoms with Crippen molar-refractivity contribution in [2.45, 2.75) is 46.0 Å². The lowest BCUT2D eigenvalue weighted by atomic mass is 9.85. The van der Waals surface area contributed by atoms with E-state index in [4.69, 9.17) is 9.47 Å². The smallest absolute Gasteiger partial charge is 0.341 e. The van der Waals surface area contributed by atoms with Gasteiger partial charge in [0.1, 0.15) is 5.00 Å². The van der Waals surface area contributed by atoms with Crippen molar-refractivity contribution in [2.75, 3.05) is 18.5 Å². The largest absolute Gasteiger partial charge is 0.466 e. The molecule has 1 aliphatic carbocycles. The van der Waals surface area contributed by atoms with Gasteiger partial charge in [-0.1, -0.05) is 0 Å². The zero-order valence-corrected chi connectivity index (χ0v) is 14.4. The first-order valence-corrected chi connectivity index (χ1v) is 8.58. The lowest BCUT2D eigenvalue weighted by Gasteiger charge is -2.22. The van der Waals surface area contributed by atoms with Gasteiger partial charge in [-0.05, 0) is 38.7 Å². The van der Waals surface area contributed by atoms with E-state index in [1.807, 2.05) is 0 Å². The SMILES string of the molecule is CCOC(=O)c1c(NC(C)=O)sc2c1C(C(=O)OCC)CCC2. The van der Waals surface area contributed by atoms with Crippen LogP contribution in [0.15, 0.2) is 0 Å². The first kappa shape index (κ1) is 17.5. The molecular weight excluding hydrogens is 318 g/mol. The highest BCUT2D eigenvalue weighted by Gasteiger charge is 2.36. The Balaban J connectivity index is 2.51. The monoisotopic (exact) mass is 339 g/mol. The van der Waals surface area contributed by atoms with Crippen LogP contribution in [0.5, 0.6) is 0 Å². The predicted molar refractivity (Wildman–Crippen MR) is 86.9 cm³/mol. The summed E-state index contributed by atoms with van der Waals surface area (Å²) in [7, 11) is 0. The Hall–Kier alpha value is -1.89. The average Bonchev–Trinajstić information content (AvgIpc) is 2.84. The number of rotatable bonds is 5. The van der Waals surface area contributed by atoms with Crippen molar-refractivity contribution in [3.8, 4) is 0 Å². The minimum Gasteiger partial charge on any atom is -0.466 e. The molecule has 0 spiro atoms. The zero-order chi connectivity index (χ0) is 17.0. The second kappa shape index (κ2) is 7.59. The second-order valence-corrected chi connectivity index (χ2v) is 6.35. The molecule has 1 atom stereocenters. The van der Waals surface area contributed by atoms with Crippen LogP contribution in [-0.2, 0) is 25.5 Å². The van der Waals surface area contributed by atoms with Crippen molar-refractivity contribution >= 4 is 34.2 Å². The van der Waals surface area contributed by atoms with Crippen LogP contribution in [-0.4, -0.2) is 31.1 Å². The second-order valence-electron chi connectivity index (χ2n) is 5.24. The number of hydrogen-bond acceptors (Lipinski definition) is 6. The summed E-state index contributed by atoms with van der Waals surface area (Å²) in [6.45, 7) is 5.38. The third-order valence-corrected chi connectivity index (χ3v) is 4.79. The Morgan fingerprint density at radius 2 is 1.91 bits per heavy atom. The number of esters is 2. The molecule has 6 nitrogen and oxygen atoms in total. The zero-order valence-electron chi connectivity index (χ0n) is 13.6. The van der Waals surface area contributed by atoms with E-state index in [2.05, 4.69) is 5.32 Å². The summed E-state index contributed by atoms with van der Waals surface area (Å²) >= 11 is 1.34. The highest BCUT2D eigenvalue weighted by molar-refractivity contribution is 7.17. The highest BCUT2D eigenvalue weighted by Crippen LogP contribution is 2.44. The van der Waals surface area contributed by atoms with Crippen LogP contribution in [0.3, 0.4) is 0 Å². The topological polar surface area (TPSA) is 81.7 Å². The van der Waals surface area contributed by atoms with Crippen molar-refractivity contribution in [3.05, 3.63) is 16.0 Å². The van der Waals surface area contributed by atoms with Crippen molar-refractivity contribution in [3.63, 3.8) is 0 Å². The quantitative estimate of drug-likeness (QED) is 0.834. The number of thiophene rings is 1. The normalized spacial score (nSPS) is 16.4. The fourth-order valence-electron chi connectivity index (χ4n) is 2.79. The van der Waals surface area contributed by atoms with E-state index in [1.165, 1.54) is 18.3 Å². The number of carbonyl (C=O) groups is 3. The summed E-state index contributed by atoms with van der Waals surface area (Å²) in [6.07, 6.45) is 2.26. The molecule has 1 amide bonds. The van der Waals surface area contributed by atoms with Gasteiger partial charge in [-0.15, -0.1) is 11.3 Å². The van der Waals surface area contributed by atoms with Gasteiger partial charge in [-0.25, -0.2) is 4.79 Å². The van der Waals surface area contributed by atoms with Crippen LogP contribution >= 0.6 is 11.3 Å². The highest BCUT2D eigenvalue weighted by atomic mass is 32.1. The summed E-state index contributed by atoms with van der Waals surface area (Å²) in [5, 5.41) is 3.14. The number of ether oxygens (including phenoxy) is 2. The Labute approximate surface area is 139 Å². The fourth-order valence-corrected chi connectivity index (χ4v) is 4.13. The molecule has 126 valence electrons. The van der Waals surface area contributed by atoms with E-state index >= 15 is 0 Å². The molecule has 0 radical (unpaired) electrons. The van der Waals surface area contributed by atoms with Crippen LogP contribution in [0.4, 0.5) is 5.00 Å². The Bertz CT molecular complexity index is 622. The van der Waals surface area contributed by atoms with Gasteiger partial charge in [0.25, 0.3) is 0 Å². The summed E-state index contributed by atoms with van der Waals surface area (Å²) in [4.78, 5) is 37.0. The lowest BCUT2D eigenvalue weighted by molar-refractivity contribution is -0.145. The fraction of sp³-hybridized carbons (Fsp3) is 0.562. The maximum absolute atomic E-state index is 12.4. The molecule has 23 heavy (non-hydrogen) atoms. The molecule has 0 fully saturated rings.